The molecule has 0 atom stereocenters. The summed E-state index contributed by atoms with van der Waals surface area (Å²) in [6, 6.07) is 5.72. The summed E-state index contributed by atoms with van der Waals surface area (Å²) in [5.41, 5.74) is 2.48. The molecule has 0 amide bonds. The highest BCUT2D eigenvalue weighted by molar-refractivity contribution is 5.64. The minimum absolute atomic E-state index is 0.241. The van der Waals surface area contributed by atoms with Crippen molar-refractivity contribution in [3.05, 3.63) is 35.7 Å². The smallest absolute Gasteiger partial charge is 0.0912 e. The average molecular weight is 241 g/mol. The normalized spacial score (nSPS) is 18.4. The molecule has 18 heavy (non-hydrogen) atoms. The van der Waals surface area contributed by atoms with Crippen molar-refractivity contribution in [3.63, 3.8) is 0 Å². The van der Waals surface area contributed by atoms with E-state index in [1.54, 1.807) is 6.08 Å². The second-order valence-corrected chi connectivity index (χ2v) is 4.68. The van der Waals surface area contributed by atoms with E-state index in [9.17, 15) is 0 Å². The predicted octanol–water partition coefficient (Wildman–Crippen LogP) is 2.60. The zero-order chi connectivity index (χ0) is 13.0. The van der Waals surface area contributed by atoms with Gasteiger partial charge in [0.15, 0.2) is 0 Å². The van der Waals surface area contributed by atoms with Crippen LogP contribution < -0.4 is 0 Å². The number of hydrogen-bond donors (Lipinski definition) is 0. The van der Waals surface area contributed by atoms with Crippen LogP contribution in [0, 0.1) is 11.3 Å². The van der Waals surface area contributed by atoms with Crippen LogP contribution in [0.5, 0.6) is 0 Å². The summed E-state index contributed by atoms with van der Waals surface area (Å²) in [7, 11) is 0. The van der Waals surface area contributed by atoms with Crippen LogP contribution in [0.25, 0.3) is 11.6 Å². The molecule has 92 valence electrons. The number of nitrogens with zero attached hydrogens (tertiary/aromatic N) is 3. The molecule has 0 spiro atoms. The fraction of sp³-hybridized carbons (Fsp3) is 0.357. The molecule has 1 aromatic rings. The van der Waals surface area contributed by atoms with Gasteiger partial charge in [0.2, 0.25) is 0 Å². The van der Waals surface area contributed by atoms with Crippen LogP contribution in [0.2, 0.25) is 0 Å². The first-order valence-corrected chi connectivity index (χ1v) is 5.87. The third-order valence-corrected chi connectivity index (χ3v) is 2.71. The van der Waals surface area contributed by atoms with Crippen molar-refractivity contribution in [2.45, 2.75) is 25.9 Å². The van der Waals surface area contributed by atoms with Gasteiger partial charge in [-0.3, -0.25) is 0 Å². The topological polar surface area (TPSA) is 58.8 Å². The maximum atomic E-state index is 8.44. The molecule has 1 aliphatic heterocycles. The van der Waals surface area contributed by atoms with Crippen LogP contribution in [-0.2, 0) is 4.74 Å². The van der Waals surface area contributed by atoms with Gasteiger partial charge < -0.3 is 4.74 Å². The van der Waals surface area contributed by atoms with Gasteiger partial charge in [-0.1, -0.05) is 0 Å². The highest BCUT2D eigenvalue weighted by atomic mass is 16.5. The first-order chi connectivity index (χ1) is 8.61. The van der Waals surface area contributed by atoms with Crippen molar-refractivity contribution in [3.8, 4) is 6.07 Å². The van der Waals surface area contributed by atoms with Crippen LogP contribution in [-0.4, -0.2) is 22.4 Å². The summed E-state index contributed by atoms with van der Waals surface area (Å²) < 4.78 is 5.62. The van der Waals surface area contributed by atoms with Crippen LogP contribution in [0.3, 0.4) is 0 Å². The molecule has 0 N–H and O–H groups in total. The number of allylic oxidation sites excluding steroid dienone is 1. The van der Waals surface area contributed by atoms with Gasteiger partial charge in [0.1, 0.15) is 0 Å². The quantitative estimate of drug-likeness (QED) is 0.747. The molecule has 1 aliphatic rings. The van der Waals surface area contributed by atoms with Gasteiger partial charge in [-0.25, -0.2) is 0 Å². The lowest BCUT2D eigenvalue weighted by Crippen LogP contribution is -2.26. The molecule has 4 heteroatoms. The summed E-state index contributed by atoms with van der Waals surface area (Å²) in [6.07, 6.45) is 5.97. The van der Waals surface area contributed by atoms with E-state index in [0.717, 1.165) is 17.7 Å². The van der Waals surface area contributed by atoms with Gasteiger partial charge in [-0.05, 0) is 50.1 Å². The standard InChI is InChI=1S/C14H15N3O/c1-14(2)10-11(7-9-18-14)13-6-5-12(16-17-13)4-3-8-15/h3-6,10H,7,9H2,1-2H3/b4-3+. The van der Waals surface area contributed by atoms with E-state index in [-0.39, 0.29) is 5.60 Å². The second kappa shape index (κ2) is 5.11. The third-order valence-electron chi connectivity index (χ3n) is 2.71. The lowest BCUT2D eigenvalue weighted by Gasteiger charge is -2.27. The molecule has 0 aromatic carbocycles. The third kappa shape index (κ3) is 3.02. The SMILES string of the molecule is CC1(C)C=C(c2ccc(/C=C/C#N)nn2)CCO1. The number of ether oxygens (including phenoxy) is 1. The van der Waals surface area contributed by atoms with E-state index in [0.29, 0.717) is 12.3 Å². The van der Waals surface area contributed by atoms with Gasteiger partial charge in [-0.15, -0.1) is 0 Å². The van der Waals surface area contributed by atoms with Crippen molar-refractivity contribution in [2.24, 2.45) is 0 Å². The van der Waals surface area contributed by atoms with Crippen LogP contribution in [0.4, 0.5) is 0 Å². The number of rotatable bonds is 2. The van der Waals surface area contributed by atoms with Gasteiger partial charge in [0.25, 0.3) is 0 Å². The summed E-state index contributed by atoms with van der Waals surface area (Å²) in [5.74, 6) is 0. The van der Waals surface area contributed by atoms with Crippen molar-refractivity contribution in [1.29, 1.82) is 5.26 Å². The Morgan fingerprint density at radius 2 is 2.22 bits per heavy atom. The molecule has 0 saturated carbocycles. The van der Waals surface area contributed by atoms with E-state index in [1.165, 1.54) is 6.08 Å². The molecular formula is C14H15N3O. The molecule has 0 radical (unpaired) electrons. The molecule has 2 rings (SSSR count). The van der Waals surface area contributed by atoms with Gasteiger partial charge >= 0.3 is 0 Å². The Balaban J connectivity index is 2.22. The lowest BCUT2D eigenvalue weighted by molar-refractivity contribution is 0.0164. The lowest BCUT2D eigenvalue weighted by atomic mass is 9.97. The van der Waals surface area contributed by atoms with Gasteiger partial charge in [0.05, 0.1) is 29.7 Å². The maximum absolute atomic E-state index is 8.44. The van der Waals surface area contributed by atoms with Crippen molar-refractivity contribution >= 4 is 11.6 Å². The van der Waals surface area contributed by atoms with E-state index in [2.05, 4.69) is 16.3 Å². The Morgan fingerprint density at radius 1 is 1.39 bits per heavy atom. The van der Waals surface area contributed by atoms with E-state index in [1.807, 2.05) is 32.0 Å². The Labute approximate surface area is 107 Å². The summed E-state index contributed by atoms with van der Waals surface area (Å²) in [5, 5.41) is 16.7. The fourth-order valence-corrected chi connectivity index (χ4v) is 1.88. The first-order valence-electron chi connectivity index (χ1n) is 5.87. The Morgan fingerprint density at radius 3 is 2.83 bits per heavy atom. The Kier molecular flexibility index (Phi) is 3.54. The van der Waals surface area contributed by atoms with Crippen LogP contribution in [0.15, 0.2) is 24.3 Å². The maximum Gasteiger partial charge on any atom is 0.0912 e. The summed E-state index contributed by atoms with van der Waals surface area (Å²) in [4.78, 5) is 0. The zero-order valence-electron chi connectivity index (χ0n) is 10.6. The molecule has 4 nitrogen and oxygen atoms in total. The average Bonchev–Trinajstić information content (AvgIpc) is 2.36. The molecule has 0 fully saturated rings. The van der Waals surface area contributed by atoms with E-state index >= 15 is 0 Å². The highest BCUT2D eigenvalue weighted by Gasteiger charge is 2.22. The highest BCUT2D eigenvalue weighted by Crippen LogP contribution is 2.27. The van der Waals surface area contributed by atoms with Crippen molar-refractivity contribution in [1.82, 2.24) is 10.2 Å². The predicted molar refractivity (Wildman–Crippen MR) is 69.3 cm³/mol. The zero-order valence-corrected chi connectivity index (χ0v) is 10.6. The molecule has 0 saturated heterocycles. The minimum Gasteiger partial charge on any atom is -0.371 e. The molecule has 2 heterocycles. The summed E-state index contributed by atoms with van der Waals surface area (Å²) in [6.45, 7) is 4.77. The summed E-state index contributed by atoms with van der Waals surface area (Å²) >= 11 is 0. The molecule has 0 aliphatic carbocycles. The van der Waals surface area contributed by atoms with Gasteiger partial charge in [0, 0.05) is 6.08 Å². The minimum atomic E-state index is -0.241. The number of aromatic nitrogens is 2. The first kappa shape index (κ1) is 12.5. The van der Waals surface area contributed by atoms with Crippen molar-refractivity contribution in [2.75, 3.05) is 6.61 Å². The molecule has 1 aromatic heterocycles. The Bertz CT molecular complexity index is 521. The van der Waals surface area contributed by atoms with Gasteiger partial charge in [-0.2, -0.15) is 15.5 Å². The fourth-order valence-electron chi connectivity index (χ4n) is 1.88. The van der Waals surface area contributed by atoms with Crippen LogP contribution in [0.1, 0.15) is 31.7 Å². The second-order valence-electron chi connectivity index (χ2n) is 4.68. The largest absolute Gasteiger partial charge is 0.371 e. The number of hydrogen-bond acceptors (Lipinski definition) is 4. The monoisotopic (exact) mass is 241 g/mol. The van der Waals surface area contributed by atoms with Crippen LogP contribution >= 0.6 is 0 Å². The number of nitriles is 1. The van der Waals surface area contributed by atoms with Crippen molar-refractivity contribution < 1.29 is 4.74 Å². The Hall–Kier alpha value is -1.99. The molecular weight excluding hydrogens is 226 g/mol. The molecule has 0 unspecified atom stereocenters. The van der Waals surface area contributed by atoms with E-state index in [4.69, 9.17) is 10.00 Å². The molecule has 0 bridgehead atoms. The van der Waals surface area contributed by atoms with E-state index < -0.39 is 0 Å².